The van der Waals surface area contributed by atoms with Crippen molar-refractivity contribution in [3.8, 4) is 0 Å². The summed E-state index contributed by atoms with van der Waals surface area (Å²) in [4.78, 5) is 21.6. The summed E-state index contributed by atoms with van der Waals surface area (Å²) in [5.41, 5.74) is 0.918. The molecule has 1 aromatic carbocycles. The Morgan fingerprint density at radius 1 is 1.18 bits per heavy atom. The largest absolute Gasteiger partial charge is 0.340 e. The third-order valence-electron chi connectivity index (χ3n) is 5.11. The molecule has 6 nitrogen and oxygen atoms in total. The molecule has 0 radical (unpaired) electrons. The van der Waals surface area contributed by atoms with Gasteiger partial charge in [0.2, 0.25) is 11.8 Å². The van der Waals surface area contributed by atoms with Gasteiger partial charge in [-0.3, -0.25) is 4.79 Å². The number of pyridine rings is 1. The molecule has 1 aliphatic carbocycles. The van der Waals surface area contributed by atoms with E-state index in [4.69, 9.17) is 16.1 Å². The molecule has 0 bridgehead atoms. The highest BCUT2D eigenvalue weighted by Crippen LogP contribution is 2.35. The fourth-order valence-corrected chi connectivity index (χ4v) is 3.86. The Morgan fingerprint density at radius 3 is 2.71 bits per heavy atom. The maximum absolute atomic E-state index is 12.7. The highest BCUT2D eigenvalue weighted by Gasteiger charge is 2.39. The van der Waals surface area contributed by atoms with Crippen molar-refractivity contribution in [2.24, 2.45) is 0 Å². The van der Waals surface area contributed by atoms with Crippen molar-refractivity contribution in [1.82, 2.24) is 20.4 Å². The second-order valence-electron chi connectivity index (χ2n) is 7.18. The summed E-state index contributed by atoms with van der Waals surface area (Å²) in [7, 11) is 0. The number of rotatable bonds is 4. The molecule has 1 saturated carbocycles. The quantitative estimate of drug-likeness (QED) is 0.653. The minimum Gasteiger partial charge on any atom is -0.340 e. The van der Waals surface area contributed by atoms with E-state index in [-0.39, 0.29) is 5.91 Å². The lowest BCUT2D eigenvalue weighted by Gasteiger charge is -2.34. The van der Waals surface area contributed by atoms with Crippen LogP contribution in [-0.4, -0.2) is 21.0 Å². The predicted octanol–water partition coefficient (Wildman–Crippen LogP) is 4.57. The van der Waals surface area contributed by atoms with Crippen LogP contribution in [0.2, 0.25) is 5.02 Å². The Bertz CT molecular complexity index is 1040. The van der Waals surface area contributed by atoms with Crippen LogP contribution in [0.1, 0.15) is 49.5 Å². The van der Waals surface area contributed by atoms with Crippen LogP contribution in [0.5, 0.6) is 0 Å². The first-order valence-corrected chi connectivity index (χ1v) is 9.79. The molecule has 0 spiro atoms. The van der Waals surface area contributed by atoms with E-state index in [1.165, 1.54) is 6.08 Å². The number of nitrogens with one attached hydrogen (secondary N) is 1. The van der Waals surface area contributed by atoms with Crippen LogP contribution in [0, 0.1) is 6.92 Å². The zero-order valence-electron chi connectivity index (χ0n) is 15.6. The lowest BCUT2D eigenvalue weighted by molar-refractivity contribution is -0.119. The van der Waals surface area contributed by atoms with Crippen LogP contribution < -0.4 is 5.32 Å². The maximum atomic E-state index is 12.7. The minimum absolute atomic E-state index is 0.197. The Kier molecular flexibility index (Phi) is 5.13. The van der Waals surface area contributed by atoms with Crippen molar-refractivity contribution in [3.63, 3.8) is 0 Å². The summed E-state index contributed by atoms with van der Waals surface area (Å²) >= 11 is 6.04. The monoisotopic (exact) mass is 396 g/mol. The lowest BCUT2D eigenvalue weighted by atomic mass is 9.81. The van der Waals surface area contributed by atoms with E-state index >= 15 is 0 Å². The maximum Gasteiger partial charge on any atom is 0.244 e. The van der Waals surface area contributed by atoms with Crippen molar-refractivity contribution in [3.05, 3.63) is 58.8 Å². The standard InChI is InChI=1S/C21H21ClN4O2/c1-14-23-20(26-28-14)21(11-3-2-4-12-21)25-19(27)10-9-17-8-6-15-5-7-16(22)13-18(15)24-17/h5-10,13H,2-4,11-12H2,1H3,(H,25,27)/b10-9+. The lowest BCUT2D eigenvalue weighted by Crippen LogP contribution is -2.47. The van der Waals surface area contributed by atoms with E-state index in [9.17, 15) is 4.79 Å². The number of carbonyl (C=O) groups excluding carboxylic acids is 1. The van der Waals surface area contributed by atoms with Crippen LogP contribution in [-0.2, 0) is 10.3 Å². The fraction of sp³-hybridized carbons (Fsp3) is 0.333. The first-order chi connectivity index (χ1) is 13.5. The third kappa shape index (κ3) is 3.92. The fourth-order valence-electron chi connectivity index (χ4n) is 3.69. The third-order valence-corrected chi connectivity index (χ3v) is 5.34. The van der Waals surface area contributed by atoms with Crippen molar-refractivity contribution in [2.75, 3.05) is 0 Å². The summed E-state index contributed by atoms with van der Waals surface area (Å²) in [5.74, 6) is 0.867. The highest BCUT2D eigenvalue weighted by atomic mass is 35.5. The van der Waals surface area contributed by atoms with Crippen molar-refractivity contribution < 1.29 is 9.32 Å². The number of fused-ring (bicyclic) bond motifs is 1. The van der Waals surface area contributed by atoms with E-state index < -0.39 is 5.54 Å². The molecule has 1 amide bonds. The zero-order chi connectivity index (χ0) is 19.6. The van der Waals surface area contributed by atoms with Crippen LogP contribution >= 0.6 is 11.6 Å². The Morgan fingerprint density at radius 2 is 1.96 bits per heavy atom. The molecule has 2 heterocycles. The van der Waals surface area contributed by atoms with Gasteiger partial charge in [0.25, 0.3) is 0 Å². The number of carbonyl (C=O) groups is 1. The normalized spacial score (nSPS) is 16.5. The number of benzene rings is 1. The Labute approximate surface area is 168 Å². The molecule has 0 saturated heterocycles. The molecule has 1 N–H and O–H groups in total. The molecule has 7 heteroatoms. The van der Waals surface area contributed by atoms with Gasteiger partial charge >= 0.3 is 0 Å². The number of amides is 1. The van der Waals surface area contributed by atoms with Crippen LogP contribution in [0.25, 0.3) is 17.0 Å². The highest BCUT2D eigenvalue weighted by molar-refractivity contribution is 6.31. The number of hydrogen-bond donors (Lipinski definition) is 1. The SMILES string of the molecule is Cc1nc(C2(NC(=O)/C=C/c3ccc4ccc(Cl)cc4n3)CCCCC2)no1. The molecule has 3 aromatic rings. The number of aryl methyl sites for hydroxylation is 1. The topological polar surface area (TPSA) is 80.9 Å². The van der Waals surface area contributed by atoms with Crippen LogP contribution in [0.3, 0.4) is 0 Å². The van der Waals surface area contributed by atoms with Crippen molar-refractivity contribution in [1.29, 1.82) is 0 Å². The van der Waals surface area contributed by atoms with Crippen LogP contribution in [0.15, 0.2) is 40.9 Å². The molecular weight excluding hydrogens is 376 g/mol. The van der Waals surface area contributed by atoms with Gasteiger partial charge in [0, 0.05) is 23.4 Å². The average molecular weight is 397 g/mol. The second kappa shape index (κ2) is 7.72. The van der Waals surface area contributed by atoms with Gasteiger partial charge < -0.3 is 9.84 Å². The van der Waals surface area contributed by atoms with Gasteiger partial charge in [0.15, 0.2) is 5.82 Å². The summed E-state index contributed by atoms with van der Waals surface area (Å²) in [6.45, 7) is 1.76. The minimum atomic E-state index is -0.568. The van der Waals surface area contributed by atoms with Crippen LogP contribution in [0.4, 0.5) is 0 Å². The first-order valence-electron chi connectivity index (χ1n) is 9.41. The molecule has 1 fully saturated rings. The Balaban J connectivity index is 1.53. The number of aromatic nitrogens is 3. The summed E-state index contributed by atoms with van der Waals surface area (Å²) < 4.78 is 5.15. The van der Waals surface area contributed by atoms with Gasteiger partial charge in [-0.15, -0.1) is 0 Å². The summed E-state index contributed by atoms with van der Waals surface area (Å²) in [6.07, 6.45) is 8.00. The molecule has 28 heavy (non-hydrogen) atoms. The molecule has 2 aromatic heterocycles. The predicted molar refractivity (Wildman–Crippen MR) is 108 cm³/mol. The Hall–Kier alpha value is -2.73. The zero-order valence-corrected chi connectivity index (χ0v) is 16.4. The number of halogens is 1. The van der Waals surface area contributed by atoms with E-state index in [0.717, 1.165) is 43.0 Å². The first kappa shape index (κ1) is 18.6. The van der Waals surface area contributed by atoms with E-state index in [1.807, 2.05) is 30.3 Å². The van der Waals surface area contributed by atoms with Gasteiger partial charge in [0.1, 0.15) is 5.54 Å². The summed E-state index contributed by atoms with van der Waals surface area (Å²) in [5, 5.41) is 8.83. The molecule has 0 aliphatic heterocycles. The van der Waals surface area contributed by atoms with Gasteiger partial charge in [-0.1, -0.05) is 48.2 Å². The van der Waals surface area contributed by atoms with Gasteiger partial charge in [0.05, 0.1) is 11.2 Å². The second-order valence-corrected chi connectivity index (χ2v) is 7.61. The van der Waals surface area contributed by atoms with Crippen molar-refractivity contribution in [2.45, 2.75) is 44.6 Å². The molecule has 0 atom stereocenters. The number of hydrogen-bond acceptors (Lipinski definition) is 5. The molecule has 0 unspecified atom stereocenters. The number of nitrogens with zero attached hydrogens (tertiary/aromatic N) is 3. The molecule has 144 valence electrons. The molecular formula is C21H21ClN4O2. The van der Waals surface area contributed by atoms with Crippen molar-refractivity contribution >= 4 is 34.5 Å². The van der Waals surface area contributed by atoms with E-state index in [2.05, 4.69) is 20.4 Å². The smallest absolute Gasteiger partial charge is 0.244 e. The van der Waals surface area contributed by atoms with Gasteiger partial charge in [-0.05, 0) is 37.1 Å². The van der Waals surface area contributed by atoms with Gasteiger partial charge in [-0.25, -0.2) is 4.98 Å². The molecule has 1 aliphatic rings. The average Bonchev–Trinajstić information content (AvgIpc) is 3.14. The van der Waals surface area contributed by atoms with E-state index in [1.54, 1.807) is 13.0 Å². The summed E-state index contributed by atoms with van der Waals surface area (Å²) in [6, 6.07) is 9.40. The molecule has 4 rings (SSSR count). The van der Waals surface area contributed by atoms with Gasteiger partial charge in [-0.2, -0.15) is 4.98 Å². The van der Waals surface area contributed by atoms with E-state index in [0.29, 0.717) is 22.4 Å².